The lowest BCUT2D eigenvalue weighted by Gasteiger charge is -2.41. The first-order valence-corrected chi connectivity index (χ1v) is 10.7. The Morgan fingerprint density at radius 1 is 0.810 bits per heavy atom. The molecule has 21 heavy (non-hydrogen) atoms. The average molecular weight is 328 g/mol. The summed E-state index contributed by atoms with van der Waals surface area (Å²) in [6, 6.07) is 9.11. The first-order chi connectivity index (χ1) is 9.88. The summed E-state index contributed by atoms with van der Waals surface area (Å²) in [5, 5.41) is 0. The second-order valence-corrected chi connectivity index (χ2v) is 11.1. The van der Waals surface area contributed by atoms with Crippen molar-refractivity contribution in [2.45, 2.75) is 42.1 Å². The van der Waals surface area contributed by atoms with Gasteiger partial charge in [-0.3, -0.25) is 0 Å². The molecule has 1 saturated heterocycles. The second kappa shape index (κ2) is 5.09. The Labute approximate surface area is 126 Å². The van der Waals surface area contributed by atoms with Crippen molar-refractivity contribution in [3.8, 4) is 0 Å². The summed E-state index contributed by atoms with van der Waals surface area (Å²) in [6.07, 6.45) is 2.86. The molecule has 0 unspecified atom stereocenters. The van der Waals surface area contributed by atoms with Gasteiger partial charge < -0.3 is 0 Å². The SMILES string of the molecule is O=S1(=O)CC(c2ccccc2)CS(=O)(=O)C12CCCCC2. The highest BCUT2D eigenvalue weighted by Gasteiger charge is 2.58. The van der Waals surface area contributed by atoms with Crippen LogP contribution in [0, 0.1) is 0 Å². The molecule has 2 aliphatic rings. The summed E-state index contributed by atoms with van der Waals surface area (Å²) in [4.78, 5) is 0. The van der Waals surface area contributed by atoms with Crippen LogP contribution >= 0.6 is 0 Å². The lowest BCUT2D eigenvalue weighted by molar-refractivity contribution is 0.427. The maximum Gasteiger partial charge on any atom is 0.173 e. The predicted molar refractivity (Wildman–Crippen MR) is 82.6 cm³/mol. The van der Waals surface area contributed by atoms with Gasteiger partial charge in [0.1, 0.15) is 0 Å². The van der Waals surface area contributed by atoms with E-state index in [1.165, 1.54) is 0 Å². The van der Waals surface area contributed by atoms with E-state index in [2.05, 4.69) is 0 Å². The van der Waals surface area contributed by atoms with Crippen LogP contribution in [-0.4, -0.2) is 32.4 Å². The van der Waals surface area contributed by atoms with Gasteiger partial charge in [-0.1, -0.05) is 49.6 Å². The molecule has 0 atom stereocenters. The fourth-order valence-corrected chi connectivity index (χ4v) is 9.92. The zero-order valence-corrected chi connectivity index (χ0v) is 13.5. The van der Waals surface area contributed by atoms with Crippen LogP contribution in [0.3, 0.4) is 0 Å². The molecule has 0 N–H and O–H groups in total. The van der Waals surface area contributed by atoms with Gasteiger partial charge >= 0.3 is 0 Å². The maximum atomic E-state index is 12.8. The molecule has 0 amide bonds. The minimum absolute atomic E-state index is 0.0454. The largest absolute Gasteiger partial charge is 0.227 e. The molecule has 116 valence electrons. The maximum absolute atomic E-state index is 12.8. The fraction of sp³-hybridized carbons (Fsp3) is 0.600. The molecule has 0 bridgehead atoms. The van der Waals surface area contributed by atoms with Crippen molar-refractivity contribution in [2.75, 3.05) is 11.5 Å². The van der Waals surface area contributed by atoms with Gasteiger partial charge in [-0.15, -0.1) is 0 Å². The highest BCUT2D eigenvalue weighted by molar-refractivity contribution is 8.11. The number of hydrogen-bond donors (Lipinski definition) is 0. The summed E-state index contributed by atoms with van der Waals surface area (Å²) in [5.74, 6) is -0.527. The van der Waals surface area contributed by atoms with Gasteiger partial charge in [0.25, 0.3) is 0 Å². The molecule has 2 fully saturated rings. The third kappa shape index (κ3) is 2.32. The number of benzene rings is 1. The smallest absolute Gasteiger partial charge is 0.173 e. The minimum atomic E-state index is -3.64. The van der Waals surface area contributed by atoms with Crippen LogP contribution in [0.25, 0.3) is 0 Å². The summed E-state index contributed by atoms with van der Waals surface area (Å²) < 4.78 is 49.6. The number of sulfone groups is 2. The van der Waals surface area contributed by atoms with E-state index in [0.717, 1.165) is 12.0 Å². The Bertz CT molecular complexity index is 676. The van der Waals surface area contributed by atoms with E-state index in [-0.39, 0.29) is 24.3 Å². The normalized spacial score (nSPS) is 27.4. The third-order valence-corrected chi connectivity index (χ3v) is 11.2. The van der Waals surface area contributed by atoms with Gasteiger partial charge in [0, 0.05) is 5.92 Å². The molecular formula is C15H20O4S2. The number of hydrogen-bond acceptors (Lipinski definition) is 4. The van der Waals surface area contributed by atoms with Crippen LogP contribution in [0.15, 0.2) is 30.3 Å². The Kier molecular flexibility index (Phi) is 3.64. The Morgan fingerprint density at radius 3 is 1.86 bits per heavy atom. The highest BCUT2D eigenvalue weighted by Crippen LogP contribution is 2.46. The second-order valence-electron chi connectivity index (χ2n) is 6.14. The van der Waals surface area contributed by atoms with Crippen molar-refractivity contribution < 1.29 is 16.8 Å². The fourth-order valence-electron chi connectivity index (χ4n) is 3.71. The molecule has 0 aromatic heterocycles. The lowest BCUT2D eigenvalue weighted by atomic mass is 9.99. The Hall–Kier alpha value is -0.880. The van der Waals surface area contributed by atoms with Gasteiger partial charge in [0.15, 0.2) is 23.8 Å². The highest BCUT2D eigenvalue weighted by atomic mass is 32.3. The van der Waals surface area contributed by atoms with E-state index in [4.69, 9.17) is 0 Å². The lowest BCUT2D eigenvalue weighted by Crippen LogP contribution is -2.55. The van der Waals surface area contributed by atoms with E-state index in [1.807, 2.05) is 30.3 Å². The van der Waals surface area contributed by atoms with Gasteiger partial charge in [0.05, 0.1) is 11.5 Å². The molecule has 1 aliphatic heterocycles. The summed E-state index contributed by atoms with van der Waals surface area (Å²) in [7, 11) is -7.28. The van der Waals surface area contributed by atoms with Crippen LogP contribution in [0.5, 0.6) is 0 Å². The van der Waals surface area contributed by atoms with Crippen LogP contribution < -0.4 is 0 Å². The third-order valence-electron chi connectivity index (χ3n) is 4.86. The van der Waals surface area contributed by atoms with E-state index in [1.54, 1.807) is 0 Å². The first kappa shape index (κ1) is 15.0. The van der Waals surface area contributed by atoms with Gasteiger partial charge in [-0.25, -0.2) is 16.8 Å². The monoisotopic (exact) mass is 328 g/mol. The molecule has 1 spiro atoms. The average Bonchev–Trinajstić information content (AvgIpc) is 2.46. The molecule has 1 aromatic rings. The molecule has 6 heteroatoms. The molecular weight excluding hydrogens is 308 g/mol. The van der Waals surface area contributed by atoms with Crippen LogP contribution in [0.1, 0.15) is 43.6 Å². The standard InChI is InChI=1S/C15H20O4S2/c16-20(17)11-14(13-7-3-1-4-8-13)12-21(18,19)15(20)9-5-2-6-10-15/h1,3-4,7-8,14H,2,5-6,9-12H2. The van der Waals surface area contributed by atoms with Gasteiger partial charge in [0.2, 0.25) is 0 Å². The van der Waals surface area contributed by atoms with E-state index < -0.39 is 29.7 Å². The molecule has 1 saturated carbocycles. The van der Waals surface area contributed by atoms with Crippen molar-refractivity contribution in [1.82, 2.24) is 0 Å². The van der Waals surface area contributed by atoms with E-state index >= 15 is 0 Å². The van der Waals surface area contributed by atoms with E-state index in [9.17, 15) is 16.8 Å². The quantitative estimate of drug-likeness (QED) is 0.793. The van der Waals surface area contributed by atoms with Crippen molar-refractivity contribution in [1.29, 1.82) is 0 Å². The predicted octanol–water partition coefficient (Wildman–Crippen LogP) is 2.27. The van der Waals surface area contributed by atoms with E-state index in [0.29, 0.717) is 12.8 Å². The van der Waals surface area contributed by atoms with Gasteiger partial charge in [-0.2, -0.15) is 0 Å². The summed E-state index contributed by atoms with van der Waals surface area (Å²) in [6.45, 7) is 0. The number of rotatable bonds is 1. The van der Waals surface area contributed by atoms with Crippen molar-refractivity contribution >= 4 is 19.7 Å². The van der Waals surface area contributed by atoms with Crippen molar-refractivity contribution in [3.63, 3.8) is 0 Å². The molecule has 3 rings (SSSR count). The molecule has 4 nitrogen and oxygen atoms in total. The molecule has 1 heterocycles. The Balaban J connectivity index is 2.04. The van der Waals surface area contributed by atoms with Crippen LogP contribution in [-0.2, 0) is 19.7 Å². The zero-order chi connectivity index (χ0) is 15.1. The molecule has 0 radical (unpaired) electrons. The summed E-state index contributed by atoms with van der Waals surface area (Å²) >= 11 is 0. The molecule has 1 aliphatic carbocycles. The first-order valence-electron chi connectivity index (χ1n) is 7.38. The van der Waals surface area contributed by atoms with Crippen LogP contribution in [0.4, 0.5) is 0 Å². The Morgan fingerprint density at radius 2 is 1.33 bits per heavy atom. The zero-order valence-electron chi connectivity index (χ0n) is 11.9. The molecule has 1 aromatic carbocycles. The van der Waals surface area contributed by atoms with Gasteiger partial charge in [-0.05, 0) is 18.4 Å². The summed E-state index contributed by atoms with van der Waals surface area (Å²) in [5.41, 5.74) is 0.801. The van der Waals surface area contributed by atoms with Crippen molar-refractivity contribution in [2.24, 2.45) is 0 Å². The van der Waals surface area contributed by atoms with Crippen LogP contribution in [0.2, 0.25) is 0 Å². The van der Waals surface area contributed by atoms with Crippen molar-refractivity contribution in [3.05, 3.63) is 35.9 Å². The topological polar surface area (TPSA) is 68.3 Å². The minimum Gasteiger partial charge on any atom is -0.227 e.